The van der Waals surface area contributed by atoms with Crippen molar-refractivity contribution in [2.45, 2.75) is 31.8 Å². The minimum atomic E-state index is -0.246. The normalized spacial score (nSPS) is 24.1. The molecule has 0 bridgehead atoms. The number of imidazole rings is 1. The zero-order chi connectivity index (χ0) is 17.2. The maximum absolute atomic E-state index is 12.9. The SMILES string of the molecule is O=C1CC(C(=O)N2CCCC(n3ccnc3)C2)CN1Cc1ccco1. The van der Waals surface area contributed by atoms with E-state index < -0.39 is 0 Å². The van der Waals surface area contributed by atoms with Crippen molar-refractivity contribution in [2.24, 2.45) is 5.92 Å². The molecule has 2 saturated heterocycles. The highest BCUT2D eigenvalue weighted by molar-refractivity contribution is 5.89. The van der Waals surface area contributed by atoms with E-state index in [4.69, 9.17) is 4.42 Å². The second kappa shape index (κ2) is 6.74. The van der Waals surface area contributed by atoms with Gasteiger partial charge >= 0.3 is 0 Å². The van der Waals surface area contributed by atoms with Gasteiger partial charge in [-0.1, -0.05) is 0 Å². The van der Waals surface area contributed by atoms with Crippen LogP contribution in [-0.4, -0.2) is 50.8 Å². The van der Waals surface area contributed by atoms with E-state index in [0.717, 1.165) is 25.1 Å². The fourth-order valence-electron chi connectivity index (χ4n) is 3.82. The van der Waals surface area contributed by atoms with Crippen LogP contribution in [0.2, 0.25) is 0 Å². The fraction of sp³-hybridized carbons (Fsp3) is 0.500. The van der Waals surface area contributed by atoms with Gasteiger partial charge in [-0.05, 0) is 25.0 Å². The van der Waals surface area contributed by atoms with E-state index in [0.29, 0.717) is 26.1 Å². The number of rotatable bonds is 4. The molecule has 0 aromatic carbocycles. The summed E-state index contributed by atoms with van der Waals surface area (Å²) >= 11 is 0. The lowest BCUT2D eigenvalue weighted by atomic mass is 10.0. The summed E-state index contributed by atoms with van der Waals surface area (Å²) in [6.45, 7) is 2.38. The summed E-state index contributed by atoms with van der Waals surface area (Å²) in [7, 11) is 0. The Morgan fingerprint density at radius 1 is 1.36 bits per heavy atom. The Bertz CT molecular complexity index is 726. The Balaban J connectivity index is 1.38. The van der Waals surface area contributed by atoms with Crippen molar-refractivity contribution in [2.75, 3.05) is 19.6 Å². The third-order valence-electron chi connectivity index (χ3n) is 5.15. The Hall–Kier alpha value is -2.57. The molecule has 0 saturated carbocycles. The molecule has 2 aliphatic rings. The number of piperidine rings is 1. The van der Waals surface area contributed by atoms with Crippen molar-refractivity contribution < 1.29 is 14.0 Å². The molecule has 2 amide bonds. The lowest BCUT2D eigenvalue weighted by Crippen LogP contribution is -2.44. The average molecular weight is 342 g/mol. The maximum Gasteiger partial charge on any atom is 0.228 e. The number of aromatic nitrogens is 2. The predicted octanol–water partition coefficient (Wildman–Crippen LogP) is 1.69. The van der Waals surface area contributed by atoms with Gasteiger partial charge in [-0.2, -0.15) is 0 Å². The number of amides is 2. The number of likely N-dealkylation sites (tertiary alicyclic amines) is 2. The summed E-state index contributed by atoms with van der Waals surface area (Å²) in [5.74, 6) is 0.627. The van der Waals surface area contributed by atoms with Gasteiger partial charge in [-0.15, -0.1) is 0 Å². The molecule has 7 heteroatoms. The van der Waals surface area contributed by atoms with Gasteiger partial charge < -0.3 is 18.8 Å². The van der Waals surface area contributed by atoms with Crippen molar-refractivity contribution in [3.63, 3.8) is 0 Å². The highest BCUT2D eigenvalue weighted by Crippen LogP contribution is 2.26. The highest BCUT2D eigenvalue weighted by atomic mass is 16.3. The second-order valence-electron chi connectivity index (χ2n) is 6.84. The van der Waals surface area contributed by atoms with E-state index in [1.807, 2.05) is 29.6 Å². The van der Waals surface area contributed by atoms with Crippen molar-refractivity contribution >= 4 is 11.8 Å². The topological polar surface area (TPSA) is 71.6 Å². The van der Waals surface area contributed by atoms with E-state index in [1.54, 1.807) is 17.4 Å². The lowest BCUT2D eigenvalue weighted by Gasteiger charge is -2.34. The van der Waals surface area contributed by atoms with Crippen molar-refractivity contribution in [3.05, 3.63) is 42.9 Å². The molecule has 25 heavy (non-hydrogen) atoms. The quantitative estimate of drug-likeness (QED) is 0.848. The monoisotopic (exact) mass is 342 g/mol. The number of furan rings is 1. The first kappa shape index (κ1) is 15.9. The number of hydrogen-bond acceptors (Lipinski definition) is 4. The van der Waals surface area contributed by atoms with Gasteiger partial charge in [0.15, 0.2) is 0 Å². The zero-order valence-electron chi connectivity index (χ0n) is 14.1. The first-order chi connectivity index (χ1) is 12.2. The minimum Gasteiger partial charge on any atom is -0.467 e. The predicted molar refractivity (Wildman–Crippen MR) is 89.3 cm³/mol. The summed E-state index contributed by atoms with van der Waals surface area (Å²) < 4.78 is 7.39. The summed E-state index contributed by atoms with van der Waals surface area (Å²) in [5.41, 5.74) is 0. The molecule has 2 aliphatic heterocycles. The van der Waals surface area contributed by atoms with Crippen LogP contribution in [0.3, 0.4) is 0 Å². The lowest BCUT2D eigenvalue weighted by molar-refractivity contribution is -0.137. The van der Waals surface area contributed by atoms with E-state index >= 15 is 0 Å². The van der Waals surface area contributed by atoms with Crippen LogP contribution in [-0.2, 0) is 16.1 Å². The first-order valence-corrected chi connectivity index (χ1v) is 8.77. The van der Waals surface area contributed by atoms with Gasteiger partial charge in [0.1, 0.15) is 5.76 Å². The summed E-state index contributed by atoms with van der Waals surface area (Å²) in [6.07, 6.45) is 9.45. The van der Waals surface area contributed by atoms with Gasteiger partial charge in [0, 0.05) is 38.4 Å². The van der Waals surface area contributed by atoms with E-state index in [2.05, 4.69) is 9.55 Å². The van der Waals surface area contributed by atoms with Crippen LogP contribution in [0.5, 0.6) is 0 Å². The summed E-state index contributed by atoms with van der Waals surface area (Å²) in [6, 6.07) is 3.93. The molecule has 4 heterocycles. The van der Waals surface area contributed by atoms with Crippen LogP contribution >= 0.6 is 0 Å². The Morgan fingerprint density at radius 3 is 3.04 bits per heavy atom. The molecule has 2 unspecified atom stereocenters. The molecule has 0 radical (unpaired) electrons. The van der Waals surface area contributed by atoms with Crippen LogP contribution in [0.15, 0.2) is 41.5 Å². The number of nitrogens with zero attached hydrogens (tertiary/aromatic N) is 4. The minimum absolute atomic E-state index is 0.0259. The average Bonchev–Trinajstić information content (AvgIpc) is 3.38. The molecule has 2 fully saturated rings. The molecule has 132 valence electrons. The van der Waals surface area contributed by atoms with Gasteiger partial charge in [0.2, 0.25) is 11.8 Å². The molecule has 0 aliphatic carbocycles. The third kappa shape index (κ3) is 3.31. The van der Waals surface area contributed by atoms with Gasteiger partial charge in [-0.25, -0.2) is 4.98 Å². The third-order valence-corrected chi connectivity index (χ3v) is 5.15. The second-order valence-corrected chi connectivity index (χ2v) is 6.84. The largest absolute Gasteiger partial charge is 0.467 e. The van der Waals surface area contributed by atoms with E-state index in [-0.39, 0.29) is 23.8 Å². The van der Waals surface area contributed by atoms with Crippen LogP contribution in [0.1, 0.15) is 31.1 Å². The standard InChI is InChI=1S/C18H22N4O3/c23-17-9-14(10-22(17)12-16-4-2-8-25-16)18(24)20-6-1-3-15(11-20)21-7-5-19-13-21/h2,4-5,7-8,13-15H,1,3,6,9-12H2. The summed E-state index contributed by atoms with van der Waals surface area (Å²) in [4.78, 5) is 32.9. The molecule has 7 nitrogen and oxygen atoms in total. The first-order valence-electron chi connectivity index (χ1n) is 8.77. The molecule has 2 aromatic heterocycles. The maximum atomic E-state index is 12.9. The van der Waals surface area contributed by atoms with E-state index in [9.17, 15) is 9.59 Å². The van der Waals surface area contributed by atoms with Crippen molar-refractivity contribution in [3.8, 4) is 0 Å². The molecule has 0 spiro atoms. The molecule has 2 aromatic rings. The smallest absolute Gasteiger partial charge is 0.228 e. The number of carbonyl (C=O) groups is 2. The van der Waals surface area contributed by atoms with Crippen LogP contribution in [0.25, 0.3) is 0 Å². The Labute approximate surface area is 146 Å². The molecule has 0 N–H and O–H groups in total. The molecule has 2 atom stereocenters. The van der Waals surface area contributed by atoms with E-state index in [1.165, 1.54) is 0 Å². The van der Waals surface area contributed by atoms with Crippen molar-refractivity contribution in [1.29, 1.82) is 0 Å². The fourth-order valence-corrected chi connectivity index (χ4v) is 3.82. The van der Waals surface area contributed by atoms with Gasteiger partial charge in [-0.3, -0.25) is 9.59 Å². The van der Waals surface area contributed by atoms with Gasteiger partial charge in [0.05, 0.1) is 31.1 Å². The Kier molecular flexibility index (Phi) is 4.29. The Morgan fingerprint density at radius 2 is 2.28 bits per heavy atom. The molecule has 4 rings (SSSR count). The molecular formula is C18H22N4O3. The number of hydrogen-bond donors (Lipinski definition) is 0. The van der Waals surface area contributed by atoms with Crippen LogP contribution < -0.4 is 0 Å². The summed E-state index contributed by atoms with van der Waals surface area (Å²) in [5, 5.41) is 0. The van der Waals surface area contributed by atoms with Crippen LogP contribution in [0.4, 0.5) is 0 Å². The zero-order valence-corrected chi connectivity index (χ0v) is 14.1. The molecular weight excluding hydrogens is 320 g/mol. The highest BCUT2D eigenvalue weighted by Gasteiger charge is 2.38. The van der Waals surface area contributed by atoms with Gasteiger partial charge in [0.25, 0.3) is 0 Å². The number of carbonyl (C=O) groups excluding carboxylic acids is 2. The van der Waals surface area contributed by atoms with Crippen molar-refractivity contribution in [1.82, 2.24) is 19.4 Å². The van der Waals surface area contributed by atoms with Crippen LogP contribution in [0, 0.1) is 5.92 Å².